The van der Waals surface area contributed by atoms with Crippen molar-refractivity contribution in [2.24, 2.45) is 7.05 Å². The summed E-state index contributed by atoms with van der Waals surface area (Å²) in [5.74, 6) is 0.724. The van der Waals surface area contributed by atoms with Crippen molar-refractivity contribution >= 4 is 27.6 Å². The van der Waals surface area contributed by atoms with E-state index in [0.29, 0.717) is 0 Å². The van der Waals surface area contributed by atoms with Crippen LogP contribution >= 0.6 is 22.7 Å². The maximum Gasteiger partial charge on any atom is 0.235 e. The van der Waals surface area contributed by atoms with Crippen LogP contribution < -0.4 is 0 Å². The Labute approximate surface area is 134 Å². The standard InChI is InChI=1S/C13H13N7S2/c1-6-10(21-8(3)15-6)12-18-20-11(16-17-13(20)22-12)9-5-14-19(4)7(9)2/h5H,1-4H3. The summed E-state index contributed by atoms with van der Waals surface area (Å²) in [6.07, 6.45) is 1.80. The van der Waals surface area contributed by atoms with Gasteiger partial charge < -0.3 is 0 Å². The van der Waals surface area contributed by atoms with Crippen LogP contribution in [0.2, 0.25) is 0 Å². The number of thiazole rings is 1. The summed E-state index contributed by atoms with van der Waals surface area (Å²) in [4.78, 5) is 6.34. The van der Waals surface area contributed by atoms with Crippen LogP contribution in [0.1, 0.15) is 16.4 Å². The number of hydrogen-bond acceptors (Lipinski definition) is 7. The molecule has 0 aliphatic rings. The van der Waals surface area contributed by atoms with E-state index in [-0.39, 0.29) is 0 Å². The molecule has 0 aliphatic heterocycles. The Bertz CT molecular complexity index is 988. The molecule has 0 saturated heterocycles. The summed E-state index contributed by atoms with van der Waals surface area (Å²) in [5.41, 5.74) is 2.99. The minimum Gasteiger partial charge on any atom is -0.272 e. The van der Waals surface area contributed by atoms with Crippen molar-refractivity contribution in [1.82, 2.24) is 34.6 Å². The summed E-state index contributed by atoms with van der Waals surface area (Å²) in [7, 11) is 1.91. The highest BCUT2D eigenvalue weighted by atomic mass is 32.1. The molecule has 0 bridgehead atoms. The number of hydrogen-bond donors (Lipinski definition) is 0. The maximum atomic E-state index is 4.69. The normalized spacial score (nSPS) is 11.6. The molecule has 0 N–H and O–H groups in total. The Morgan fingerprint density at radius 1 is 1.09 bits per heavy atom. The summed E-state index contributed by atoms with van der Waals surface area (Å²) >= 11 is 3.18. The number of rotatable bonds is 2. The zero-order valence-electron chi connectivity index (χ0n) is 12.5. The average molecular weight is 331 g/mol. The van der Waals surface area contributed by atoms with Gasteiger partial charge in [0.05, 0.1) is 27.3 Å². The second-order valence-electron chi connectivity index (χ2n) is 5.04. The zero-order chi connectivity index (χ0) is 15.4. The molecule has 9 heteroatoms. The lowest BCUT2D eigenvalue weighted by molar-refractivity contribution is 0.740. The number of fused-ring (bicyclic) bond motifs is 1. The van der Waals surface area contributed by atoms with Crippen LogP contribution in [0, 0.1) is 20.8 Å². The van der Waals surface area contributed by atoms with Gasteiger partial charge in [-0.25, -0.2) is 4.98 Å². The Hall–Kier alpha value is -2.13. The van der Waals surface area contributed by atoms with Crippen LogP contribution in [0.25, 0.3) is 26.2 Å². The average Bonchev–Trinajstić information content (AvgIpc) is 3.18. The van der Waals surface area contributed by atoms with Gasteiger partial charge in [-0.3, -0.25) is 4.68 Å². The van der Waals surface area contributed by atoms with E-state index in [0.717, 1.165) is 42.6 Å². The van der Waals surface area contributed by atoms with Crippen molar-refractivity contribution in [1.29, 1.82) is 0 Å². The van der Waals surface area contributed by atoms with Crippen molar-refractivity contribution in [2.75, 3.05) is 0 Å². The van der Waals surface area contributed by atoms with Gasteiger partial charge in [-0.2, -0.15) is 14.7 Å². The van der Waals surface area contributed by atoms with E-state index < -0.39 is 0 Å². The molecule has 0 saturated carbocycles. The molecule has 0 aromatic carbocycles. The second-order valence-corrected chi connectivity index (χ2v) is 7.20. The van der Waals surface area contributed by atoms with Crippen molar-refractivity contribution in [2.45, 2.75) is 20.8 Å². The van der Waals surface area contributed by atoms with Crippen LogP contribution in [0.3, 0.4) is 0 Å². The molecule has 0 spiro atoms. The third-order valence-electron chi connectivity index (χ3n) is 3.56. The van der Waals surface area contributed by atoms with Gasteiger partial charge in [0.15, 0.2) is 10.8 Å². The Morgan fingerprint density at radius 3 is 2.55 bits per heavy atom. The van der Waals surface area contributed by atoms with Crippen molar-refractivity contribution in [3.8, 4) is 21.3 Å². The molecule has 0 aliphatic carbocycles. The minimum absolute atomic E-state index is 0.724. The highest BCUT2D eigenvalue weighted by Crippen LogP contribution is 2.34. The fourth-order valence-electron chi connectivity index (χ4n) is 2.32. The lowest BCUT2D eigenvalue weighted by atomic mass is 10.2. The molecule has 7 nitrogen and oxygen atoms in total. The number of aryl methyl sites for hydroxylation is 3. The second kappa shape index (κ2) is 4.68. The van der Waals surface area contributed by atoms with Gasteiger partial charge in [0.25, 0.3) is 0 Å². The smallest absolute Gasteiger partial charge is 0.235 e. The first-order valence-corrected chi connectivity index (χ1v) is 8.33. The van der Waals surface area contributed by atoms with Gasteiger partial charge in [-0.05, 0) is 20.8 Å². The van der Waals surface area contributed by atoms with Crippen molar-refractivity contribution < 1.29 is 0 Å². The Balaban J connectivity index is 1.90. The highest BCUT2D eigenvalue weighted by molar-refractivity contribution is 7.24. The highest BCUT2D eigenvalue weighted by Gasteiger charge is 2.19. The molecule has 22 heavy (non-hydrogen) atoms. The molecule has 4 heterocycles. The maximum absolute atomic E-state index is 4.69. The Kier molecular flexibility index (Phi) is 2.88. The molecule has 112 valence electrons. The summed E-state index contributed by atoms with van der Waals surface area (Å²) in [6, 6.07) is 0. The lowest BCUT2D eigenvalue weighted by Crippen LogP contribution is -1.95. The molecule has 0 unspecified atom stereocenters. The largest absolute Gasteiger partial charge is 0.272 e. The van der Waals surface area contributed by atoms with Crippen LogP contribution in [0.15, 0.2) is 6.20 Å². The number of nitrogens with zero attached hydrogens (tertiary/aromatic N) is 7. The van der Waals surface area contributed by atoms with E-state index in [1.165, 1.54) is 11.3 Å². The van der Waals surface area contributed by atoms with Gasteiger partial charge >= 0.3 is 0 Å². The molecule has 0 atom stereocenters. The van der Waals surface area contributed by atoms with E-state index in [2.05, 4.69) is 25.4 Å². The van der Waals surface area contributed by atoms with E-state index >= 15 is 0 Å². The van der Waals surface area contributed by atoms with Gasteiger partial charge in [0.2, 0.25) is 4.96 Å². The Morgan fingerprint density at radius 2 is 1.91 bits per heavy atom. The number of aromatic nitrogens is 7. The summed E-state index contributed by atoms with van der Waals surface area (Å²) in [6.45, 7) is 6.02. The van der Waals surface area contributed by atoms with E-state index in [9.17, 15) is 0 Å². The SMILES string of the molecule is Cc1nc(C)c(-c2nn3c(-c4cnn(C)c4C)nnc3s2)s1. The van der Waals surface area contributed by atoms with Crippen LogP contribution in [-0.2, 0) is 7.05 Å². The van der Waals surface area contributed by atoms with Crippen molar-refractivity contribution in [3.63, 3.8) is 0 Å². The molecule has 4 aromatic heterocycles. The van der Waals surface area contributed by atoms with E-state index in [1.54, 1.807) is 22.0 Å². The van der Waals surface area contributed by atoms with Crippen molar-refractivity contribution in [3.05, 3.63) is 22.6 Å². The van der Waals surface area contributed by atoms with E-state index in [1.807, 2.05) is 32.5 Å². The molecular weight excluding hydrogens is 318 g/mol. The fourth-order valence-corrected chi connectivity index (χ4v) is 4.21. The zero-order valence-corrected chi connectivity index (χ0v) is 14.2. The minimum atomic E-state index is 0.724. The van der Waals surface area contributed by atoms with Crippen LogP contribution in [-0.4, -0.2) is 34.6 Å². The fraction of sp³-hybridized carbons (Fsp3) is 0.308. The summed E-state index contributed by atoms with van der Waals surface area (Å²) in [5, 5.41) is 19.4. The molecular formula is C13H13N7S2. The van der Waals surface area contributed by atoms with Gasteiger partial charge in [0.1, 0.15) is 0 Å². The van der Waals surface area contributed by atoms with E-state index in [4.69, 9.17) is 0 Å². The summed E-state index contributed by atoms with van der Waals surface area (Å²) < 4.78 is 3.61. The molecule has 4 rings (SSSR count). The topological polar surface area (TPSA) is 73.8 Å². The monoisotopic (exact) mass is 331 g/mol. The van der Waals surface area contributed by atoms with Gasteiger partial charge in [-0.1, -0.05) is 11.3 Å². The first-order valence-electron chi connectivity index (χ1n) is 6.70. The first kappa shape index (κ1) is 13.5. The predicted molar refractivity (Wildman–Crippen MR) is 86.2 cm³/mol. The molecule has 0 radical (unpaired) electrons. The molecule has 4 aromatic rings. The van der Waals surface area contributed by atoms with Gasteiger partial charge in [0, 0.05) is 12.7 Å². The quantitative estimate of drug-likeness (QED) is 0.564. The third kappa shape index (κ3) is 1.89. The lowest BCUT2D eigenvalue weighted by Gasteiger charge is -1.96. The molecule has 0 amide bonds. The first-order chi connectivity index (χ1) is 10.5. The third-order valence-corrected chi connectivity index (χ3v) is 5.69. The van der Waals surface area contributed by atoms with Crippen LogP contribution in [0.4, 0.5) is 0 Å². The van der Waals surface area contributed by atoms with Gasteiger partial charge in [-0.15, -0.1) is 21.5 Å². The van der Waals surface area contributed by atoms with Crippen LogP contribution in [0.5, 0.6) is 0 Å². The predicted octanol–water partition coefficient (Wildman–Crippen LogP) is 2.64. The molecule has 0 fully saturated rings.